The van der Waals surface area contributed by atoms with E-state index in [2.05, 4.69) is 26.1 Å². The van der Waals surface area contributed by atoms with Gasteiger partial charge in [-0.25, -0.2) is 4.39 Å². The van der Waals surface area contributed by atoms with E-state index in [1.165, 1.54) is 12.1 Å². The Balaban J connectivity index is 2.26. The molecule has 1 aromatic carbocycles. The molecular formula is C12H16BrFN2O. The Bertz CT molecular complexity index is 408. The molecule has 0 unspecified atom stereocenters. The van der Waals surface area contributed by atoms with E-state index in [-0.39, 0.29) is 17.6 Å². The molecule has 2 rings (SSSR count). The molecule has 0 radical (unpaired) electrons. The van der Waals surface area contributed by atoms with Crippen molar-refractivity contribution in [2.75, 3.05) is 26.2 Å². The zero-order valence-corrected chi connectivity index (χ0v) is 11.3. The number of rotatable bonds is 2. The molecule has 17 heavy (non-hydrogen) atoms. The molecule has 0 spiro atoms. The Morgan fingerprint density at radius 2 is 2.06 bits per heavy atom. The third-order valence-corrected chi connectivity index (χ3v) is 3.81. The molecule has 1 heterocycles. The predicted molar refractivity (Wildman–Crippen MR) is 68.6 cm³/mol. The lowest BCUT2D eigenvalue weighted by Crippen LogP contribution is -2.44. The quantitative estimate of drug-likeness (QED) is 0.880. The van der Waals surface area contributed by atoms with Gasteiger partial charge in [-0.2, -0.15) is 0 Å². The molecule has 5 heteroatoms. The first-order chi connectivity index (χ1) is 8.09. The van der Waals surface area contributed by atoms with Crippen molar-refractivity contribution in [3.05, 3.63) is 28.0 Å². The first-order valence-corrected chi connectivity index (χ1v) is 6.51. The average Bonchev–Trinajstić information content (AvgIpc) is 2.34. The molecule has 1 aliphatic heterocycles. The van der Waals surface area contributed by atoms with E-state index in [1.807, 2.05) is 6.92 Å². The largest absolute Gasteiger partial charge is 0.506 e. The van der Waals surface area contributed by atoms with Crippen LogP contribution >= 0.6 is 15.9 Å². The summed E-state index contributed by atoms with van der Waals surface area (Å²) in [6.07, 6.45) is 0. The van der Waals surface area contributed by atoms with Gasteiger partial charge in [-0.05, 0) is 35.0 Å². The van der Waals surface area contributed by atoms with Gasteiger partial charge in [0.15, 0.2) is 0 Å². The summed E-state index contributed by atoms with van der Waals surface area (Å²) in [6, 6.07) is 2.71. The molecule has 2 N–H and O–H groups in total. The van der Waals surface area contributed by atoms with Crippen molar-refractivity contribution in [3.8, 4) is 5.75 Å². The van der Waals surface area contributed by atoms with Crippen LogP contribution in [0.25, 0.3) is 0 Å². The van der Waals surface area contributed by atoms with Gasteiger partial charge in [0.2, 0.25) is 0 Å². The van der Waals surface area contributed by atoms with Crippen molar-refractivity contribution in [2.45, 2.75) is 13.0 Å². The monoisotopic (exact) mass is 302 g/mol. The maximum Gasteiger partial charge on any atom is 0.134 e. The third kappa shape index (κ3) is 2.78. The number of hydrogen-bond donors (Lipinski definition) is 2. The number of phenols is 1. The fourth-order valence-electron chi connectivity index (χ4n) is 2.17. The van der Waals surface area contributed by atoms with E-state index < -0.39 is 0 Å². The SMILES string of the molecule is C[C@H](c1cc(F)cc(Br)c1O)N1CCNCC1. The van der Waals surface area contributed by atoms with Crippen LogP contribution in [0.5, 0.6) is 5.75 Å². The van der Waals surface area contributed by atoms with Crippen LogP contribution in [0.1, 0.15) is 18.5 Å². The number of nitrogens with zero attached hydrogens (tertiary/aromatic N) is 1. The fraction of sp³-hybridized carbons (Fsp3) is 0.500. The zero-order valence-electron chi connectivity index (χ0n) is 9.71. The van der Waals surface area contributed by atoms with Crippen molar-refractivity contribution in [2.24, 2.45) is 0 Å². The van der Waals surface area contributed by atoms with Gasteiger partial charge in [-0.1, -0.05) is 0 Å². The second-order valence-corrected chi connectivity index (χ2v) is 5.14. The Morgan fingerprint density at radius 1 is 1.41 bits per heavy atom. The van der Waals surface area contributed by atoms with Crippen LogP contribution in [0, 0.1) is 5.82 Å². The molecule has 0 saturated carbocycles. The summed E-state index contributed by atoms with van der Waals surface area (Å²) in [6.45, 7) is 5.68. The molecule has 1 aliphatic rings. The minimum Gasteiger partial charge on any atom is -0.506 e. The van der Waals surface area contributed by atoms with E-state index in [0.717, 1.165) is 26.2 Å². The fourth-order valence-corrected chi connectivity index (χ4v) is 2.62. The number of phenolic OH excluding ortho intramolecular Hbond substituents is 1. The second kappa shape index (κ2) is 5.33. The van der Waals surface area contributed by atoms with Crippen LogP contribution in [0.4, 0.5) is 4.39 Å². The van der Waals surface area contributed by atoms with E-state index in [1.54, 1.807) is 0 Å². The van der Waals surface area contributed by atoms with E-state index in [9.17, 15) is 9.50 Å². The lowest BCUT2D eigenvalue weighted by molar-refractivity contribution is 0.182. The Labute approximate surface area is 109 Å². The highest BCUT2D eigenvalue weighted by Gasteiger charge is 2.22. The lowest BCUT2D eigenvalue weighted by Gasteiger charge is -2.33. The summed E-state index contributed by atoms with van der Waals surface area (Å²) in [5.74, 6) is -0.191. The van der Waals surface area contributed by atoms with Gasteiger partial charge in [0.1, 0.15) is 11.6 Å². The average molecular weight is 303 g/mol. The molecule has 0 aromatic heterocycles. The van der Waals surface area contributed by atoms with E-state index >= 15 is 0 Å². The molecular weight excluding hydrogens is 287 g/mol. The van der Waals surface area contributed by atoms with Gasteiger partial charge < -0.3 is 10.4 Å². The van der Waals surface area contributed by atoms with E-state index in [0.29, 0.717) is 10.0 Å². The van der Waals surface area contributed by atoms with Crippen LogP contribution in [0.2, 0.25) is 0 Å². The lowest BCUT2D eigenvalue weighted by atomic mass is 10.0. The maximum absolute atomic E-state index is 13.4. The normalized spacial score (nSPS) is 19.2. The van der Waals surface area contributed by atoms with Crippen LogP contribution in [0.3, 0.4) is 0 Å². The third-order valence-electron chi connectivity index (χ3n) is 3.21. The summed E-state index contributed by atoms with van der Waals surface area (Å²) < 4.78 is 13.8. The van der Waals surface area contributed by atoms with Gasteiger partial charge in [0.25, 0.3) is 0 Å². The van der Waals surface area contributed by atoms with Crippen LogP contribution in [0.15, 0.2) is 16.6 Å². The van der Waals surface area contributed by atoms with Crippen LogP contribution < -0.4 is 5.32 Å². The minimum atomic E-state index is -0.327. The number of piperazine rings is 1. The molecule has 3 nitrogen and oxygen atoms in total. The van der Waals surface area contributed by atoms with Crippen molar-refractivity contribution < 1.29 is 9.50 Å². The molecule has 1 atom stereocenters. The first kappa shape index (κ1) is 12.8. The number of nitrogens with one attached hydrogen (secondary N) is 1. The van der Waals surface area contributed by atoms with Gasteiger partial charge >= 0.3 is 0 Å². The number of aromatic hydroxyl groups is 1. The smallest absolute Gasteiger partial charge is 0.134 e. The van der Waals surface area contributed by atoms with Gasteiger partial charge in [0.05, 0.1) is 4.47 Å². The standard InChI is InChI=1S/C12H16BrFN2O/c1-8(16-4-2-15-3-5-16)10-6-9(14)7-11(13)12(10)17/h6-8,15,17H,2-5H2,1H3/t8-/m1/s1. The highest BCUT2D eigenvalue weighted by molar-refractivity contribution is 9.10. The highest BCUT2D eigenvalue weighted by atomic mass is 79.9. The Morgan fingerprint density at radius 3 is 2.71 bits per heavy atom. The molecule has 1 saturated heterocycles. The van der Waals surface area contributed by atoms with Gasteiger partial charge in [-0.15, -0.1) is 0 Å². The van der Waals surface area contributed by atoms with Crippen molar-refractivity contribution in [3.63, 3.8) is 0 Å². The summed E-state index contributed by atoms with van der Waals surface area (Å²) in [5, 5.41) is 13.2. The second-order valence-electron chi connectivity index (χ2n) is 4.29. The van der Waals surface area contributed by atoms with Crippen molar-refractivity contribution in [1.82, 2.24) is 10.2 Å². The molecule has 0 bridgehead atoms. The minimum absolute atomic E-state index is 0.0177. The van der Waals surface area contributed by atoms with Gasteiger partial charge in [-0.3, -0.25) is 4.90 Å². The number of hydrogen-bond acceptors (Lipinski definition) is 3. The van der Waals surface area contributed by atoms with Crippen LogP contribution in [-0.2, 0) is 0 Å². The number of benzene rings is 1. The van der Waals surface area contributed by atoms with Crippen molar-refractivity contribution >= 4 is 15.9 Å². The van der Waals surface area contributed by atoms with E-state index in [4.69, 9.17) is 0 Å². The first-order valence-electron chi connectivity index (χ1n) is 5.72. The summed E-state index contributed by atoms with van der Waals surface area (Å²) in [5.41, 5.74) is 0.638. The summed E-state index contributed by atoms with van der Waals surface area (Å²) in [7, 11) is 0. The molecule has 1 fully saturated rings. The summed E-state index contributed by atoms with van der Waals surface area (Å²) in [4.78, 5) is 2.23. The van der Waals surface area contributed by atoms with Gasteiger partial charge in [0, 0.05) is 37.8 Å². The Kier molecular flexibility index (Phi) is 4.01. The molecule has 94 valence electrons. The maximum atomic E-state index is 13.4. The number of halogens is 2. The molecule has 1 aromatic rings. The highest BCUT2D eigenvalue weighted by Crippen LogP contribution is 2.35. The summed E-state index contributed by atoms with van der Waals surface area (Å²) >= 11 is 3.17. The van der Waals surface area contributed by atoms with Crippen LogP contribution in [-0.4, -0.2) is 36.2 Å². The topological polar surface area (TPSA) is 35.5 Å². The molecule has 0 aliphatic carbocycles. The van der Waals surface area contributed by atoms with Crippen molar-refractivity contribution in [1.29, 1.82) is 0 Å². The Hall–Kier alpha value is -0.650. The zero-order chi connectivity index (χ0) is 12.4. The molecule has 0 amide bonds. The predicted octanol–water partition coefficient (Wildman–Crippen LogP) is 2.26.